The Morgan fingerprint density at radius 2 is 1.36 bits per heavy atom. The van der Waals surface area contributed by atoms with Gasteiger partial charge in [0.2, 0.25) is 5.91 Å². The molecule has 1 fully saturated rings. The SMILES string of the molecule is C=CC1C(=O)N(S(=O)(=O)O)C1C(=O)OCC.CCCC[N+](CCCC)(CCCC)CCCC. The molecule has 194 valence electrons. The van der Waals surface area contributed by atoms with E-state index in [4.69, 9.17) is 4.55 Å². The van der Waals surface area contributed by atoms with Gasteiger partial charge in [0.05, 0.1) is 38.7 Å². The molecule has 8 nitrogen and oxygen atoms in total. The van der Waals surface area contributed by atoms with Crippen LogP contribution in [0.3, 0.4) is 0 Å². The van der Waals surface area contributed by atoms with Crippen molar-refractivity contribution in [2.45, 2.75) is 92.0 Å². The summed E-state index contributed by atoms with van der Waals surface area (Å²) in [6.45, 7) is 19.9. The van der Waals surface area contributed by atoms with Crippen molar-refractivity contribution in [1.29, 1.82) is 0 Å². The molecule has 1 amide bonds. The van der Waals surface area contributed by atoms with Crippen LogP contribution in [0.25, 0.3) is 0 Å². The summed E-state index contributed by atoms with van der Waals surface area (Å²) in [5.41, 5.74) is 0. The first-order valence-corrected chi connectivity index (χ1v) is 13.9. The van der Waals surface area contributed by atoms with Crippen molar-refractivity contribution in [3.05, 3.63) is 12.7 Å². The first-order chi connectivity index (χ1) is 15.6. The first kappa shape index (κ1) is 31.6. The number of amides is 1. The molecule has 0 aromatic heterocycles. The van der Waals surface area contributed by atoms with Gasteiger partial charge in [0.1, 0.15) is 0 Å². The molecule has 0 saturated carbocycles. The van der Waals surface area contributed by atoms with E-state index in [0.717, 1.165) is 6.08 Å². The zero-order valence-corrected chi connectivity index (χ0v) is 22.2. The maximum Gasteiger partial charge on any atom is 0.363 e. The van der Waals surface area contributed by atoms with Crippen LogP contribution in [0, 0.1) is 5.92 Å². The van der Waals surface area contributed by atoms with Gasteiger partial charge in [0.15, 0.2) is 6.04 Å². The molecule has 0 aromatic carbocycles. The highest BCUT2D eigenvalue weighted by Crippen LogP contribution is 2.31. The lowest BCUT2D eigenvalue weighted by atomic mass is 9.91. The van der Waals surface area contributed by atoms with E-state index in [0.29, 0.717) is 0 Å². The van der Waals surface area contributed by atoms with E-state index in [1.807, 2.05) is 0 Å². The van der Waals surface area contributed by atoms with Gasteiger partial charge in [0.25, 0.3) is 0 Å². The van der Waals surface area contributed by atoms with Crippen LogP contribution in [0.15, 0.2) is 12.7 Å². The fraction of sp³-hybridized carbons (Fsp3) is 0.833. The molecule has 1 N–H and O–H groups in total. The lowest BCUT2D eigenvalue weighted by Gasteiger charge is -2.40. The average molecular weight is 492 g/mol. The number of quaternary nitrogens is 1. The quantitative estimate of drug-likeness (QED) is 0.113. The Balaban J connectivity index is 0.000000621. The second-order valence-corrected chi connectivity index (χ2v) is 10.0. The number of hydrogen-bond donors (Lipinski definition) is 1. The summed E-state index contributed by atoms with van der Waals surface area (Å²) in [5.74, 6) is -2.75. The van der Waals surface area contributed by atoms with E-state index in [-0.39, 0.29) is 10.9 Å². The molecule has 0 aliphatic carbocycles. The van der Waals surface area contributed by atoms with Gasteiger partial charge < -0.3 is 9.22 Å². The summed E-state index contributed by atoms with van der Waals surface area (Å²) in [7, 11) is -4.74. The van der Waals surface area contributed by atoms with Gasteiger partial charge in [-0.25, -0.2) is 9.10 Å². The third-order valence-corrected chi connectivity index (χ3v) is 6.97. The van der Waals surface area contributed by atoms with E-state index in [1.165, 1.54) is 82.0 Å². The van der Waals surface area contributed by atoms with Crippen molar-refractivity contribution in [2.75, 3.05) is 32.8 Å². The van der Waals surface area contributed by atoms with Crippen LogP contribution >= 0.6 is 0 Å². The second kappa shape index (κ2) is 16.2. The number of ether oxygens (including phenoxy) is 1. The summed E-state index contributed by atoms with van der Waals surface area (Å²) in [5, 5.41) is 0. The molecule has 2 unspecified atom stereocenters. The van der Waals surface area contributed by atoms with Crippen LogP contribution < -0.4 is 0 Å². The average Bonchev–Trinajstić information content (AvgIpc) is 2.76. The fourth-order valence-corrected chi connectivity index (χ4v) is 4.94. The third-order valence-electron chi connectivity index (χ3n) is 6.07. The van der Waals surface area contributed by atoms with Crippen molar-refractivity contribution in [1.82, 2.24) is 4.31 Å². The Morgan fingerprint density at radius 3 is 1.64 bits per heavy atom. The highest BCUT2D eigenvalue weighted by atomic mass is 32.2. The lowest BCUT2D eigenvalue weighted by Crippen LogP contribution is -2.65. The molecule has 0 radical (unpaired) electrons. The van der Waals surface area contributed by atoms with Crippen molar-refractivity contribution in [2.24, 2.45) is 5.92 Å². The monoisotopic (exact) mass is 491 g/mol. The minimum absolute atomic E-state index is 0.0483. The van der Waals surface area contributed by atoms with Gasteiger partial charge >= 0.3 is 16.3 Å². The smallest absolute Gasteiger partial charge is 0.363 e. The Hall–Kier alpha value is -1.45. The van der Waals surface area contributed by atoms with Crippen LogP contribution in [0.4, 0.5) is 0 Å². The molecule has 1 heterocycles. The standard InChI is InChI=1S/C16H36N.C8H11NO6S/c1-5-9-13-17(14-10-6-2,15-11-7-3)16-12-8-4;1-3-5-6(8(11)15-4-2)9(7(5)10)16(12,13)14/h5-16H2,1-4H3;3,5-6H,1,4H2,2H3,(H,12,13,14)/q+1;. The Labute approximate surface area is 201 Å². The minimum Gasteiger partial charge on any atom is -0.464 e. The molecule has 1 aliphatic heterocycles. The van der Waals surface area contributed by atoms with Crippen LogP contribution in [-0.4, -0.2) is 72.5 Å². The molecule has 9 heteroatoms. The van der Waals surface area contributed by atoms with E-state index < -0.39 is 34.1 Å². The van der Waals surface area contributed by atoms with Gasteiger partial charge in [-0.3, -0.25) is 9.35 Å². The predicted molar refractivity (Wildman–Crippen MR) is 132 cm³/mol. The zero-order chi connectivity index (χ0) is 25.5. The molecular formula is C24H47N2O6S+. The van der Waals surface area contributed by atoms with Crippen LogP contribution in [0.5, 0.6) is 0 Å². The summed E-state index contributed by atoms with van der Waals surface area (Å²) >= 11 is 0. The van der Waals surface area contributed by atoms with Crippen molar-refractivity contribution < 1.29 is 31.8 Å². The van der Waals surface area contributed by atoms with Crippen LogP contribution in [0.2, 0.25) is 0 Å². The molecule has 33 heavy (non-hydrogen) atoms. The Kier molecular flexibility index (Phi) is 15.5. The molecule has 0 spiro atoms. The summed E-state index contributed by atoms with van der Waals surface area (Å²) in [6.07, 6.45) is 12.2. The van der Waals surface area contributed by atoms with E-state index in [2.05, 4.69) is 39.0 Å². The normalized spacial score (nSPS) is 18.2. The maximum atomic E-state index is 11.4. The number of hydrogen-bond acceptors (Lipinski definition) is 5. The summed E-state index contributed by atoms with van der Waals surface area (Å²) in [6, 6.07) is -1.35. The number of unbranched alkanes of at least 4 members (excludes halogenated alkanes) is 4. The van der Waals surface area contributed by atoms with Gasteiger partial charge in [-0.15, -0.1) is 6.58 Å². The summed E-state index contributed by atoms with van der Waals surface area (Å²) in [4.78, 5) is 22.6. The molecule has 0 bridgehead atoms. The zero-order valence-electron chi connectivity index (χ0n) is 21.4. The molecule has 1 rings (SSSR count). The van der Waals surface area contributed by atoms with Crippen LogP contribution in [0.1, 0.15) is 86.0 Å². The molecule has 2 atom stereocenters. The Bertz CT molecular complexity index is 658. The van der Waals surface area contributed by atoms with E-state index >= 15 is 0 Å². The molecule has 1 saturated heterocycles. The maximum absolute atomic E-state index is 11.4. The first-order valence-electron chi connectivity index (χ1n) is 12.5. The van der Waals surface area contributed by atoms with Crippen molar-refractivity contribution in [3.63, 3.8) is 0 Å². The van der Waals surface area contributed by atoms with Gasteiger partial charge in [-0.05, 0) is 32.6 Å². The van der Waals surface area contributed by atoms with Gasteiger partial charge in [-0.2, -0.15) is 8.42 Å². The number of carbonyl (C=O) groups is 2. The number of rotatable bonds is 16. The highest BCUT2D eigenvalue weighted by Gasteiger charge is 2.56. The van der Waals surface area contributed by atoms with Gasteiger partial charge in [-0.1, -0.05) is 59.5 Å². The third kappa shape index (κ3) is 10.1. The van der Waals surface area contributed by atoms with Gasteiger partial charge in [0, 0.05) is 0 Å². The number of nitrogens with zero attached hydrogens (tertiary/aromatic N) is 2. The van der Waals surface area contributed by atoms with Crippen molar-refractivity contribution >= 4 is 22.2 Å². The Morgan fingerprint density at radius 1 is 0.970 bits per heavy atom. The molecule has 0 aromatic rings. The van der Waals surface area contributed by atoms with Crippen LogP contribution in [-0.2, 0) is 24.6 Å². The topological polar surface area (TPSA) is 101 Å². The summed E-state index contributed by atoms with van der Waals surface area (Å²) < 4.78 is 36.5. The number of β-lactam (4-membered cyclic amide) rings is 1. The number of carbonyl (C=O) groups excluding carboxylic acids is 2. The fourth-order valence-electron chi connectivity index (χ4n) is 4.08. The number of esters is 1. The second-order valence-electron chi connectivity index (χ2n) is 8.72. The predicted octanol–water partition coefficient (Wildman–Crippen LogP) is 4.37. The van der Waals surface area contributed by atoms with Crippen molar-refractivity contribution in [3.8, 4) is 0 Å². The van der Waals surface area contributed by atoms with E-state index in [1.54, 1.807) is 6.92 Å². The largest absolute Gasteiger partial charge is 0.464 e. The van der Waals surface area contributed by atoms with E-state index in [9.17, 15) is 18.0 Å². The molecular weight excluding hydrogens is 444 g/mol. The minimum atomic E-state index is -4.74. The molecule has 1 aliphatic rings. The lowest BCUT2D eigenvalue weighted by molar-refractivity contribution is -0.929. The highest BCUT2D eigenvalue weighted by molar-refractivity contribution is 7.84.